The fourth-order valence-electron chi connectivity index (χ4n) is 1.66. The van der Waals surface area contributed by atoms with E-state index in [1.165, 1.54) is 18.2 Å². The summed E-state index contributed by atoms with van der Waals surface area (Å²) in [6, 6.07) is 3.93. The zero-order valence-corrected chi connectivity index (χ0v) is 11.1. The number of nitrogens with two attached hydrogens (primary N) is 1. The number of anilines is 1. The van der Waals surface area contributed by atoms with Crippen LogP contribution in [0.4, 0.5) is 18.9 Å². The molecule has 0 aliphatic rings. The minimum atomic E-state index is -4.41. The summed E-state index contributed by atoms with van der Waals surface area (Å²) >= 11 is 0. The number of hydrogen-bond donors (Lipinski definition) is 1. The van der Waals surface area contributed by atoms with E-state index in [4.69, 9.17) is 5.73 Å². The van der Waals surface area contributed by atoms with Crippen molar-refractivity contribution in [2.75, 3.05) is 12.3 Å². The molecule has 0 spiro atoms. The molecular weight excluding hydrogens is 257 g/mol. The van der Waals surface area contributed by atoms with E-state index in [0.717, 1.165) is 4.90 Å². The average Bonchev–Trinajstić information content (AvgIpc) is 2.27. The second-order valence-corrected chi connectivity index (χ2v) is 4.71. The van der Waals surface area contributed by atoms with Crippen molar-refractivity contribution in [2.24, 2.45) is 0 Å². The quantitative estimate of drug-likeness (QED) is 0.861. The first-order chi connectivity index (χ1) is 8.61. The van der Waals surface area contributed by atoms with Gasteiger partial charge in [0.15, 0.2) is 0 Å². The predicted molar refractivity (Wildman–Crippen MR) is 67.8 cm³/mol. The van der Waals surface area contributed by atoms with Gasteiger partial charge < -0.3 is 10.6 Å². The van der Waals surface area contributed by atoms with Crippen molar-refractivity contribution < 1.29 is 18.0 Å². The van der Waals surface area contributed by atoms with E-state index in [9.17, 15) is 18.0 Å². The van der Waals surface area contributed by atoms with Gasteiger partial charge >= 0.3 is 6.18 Å². The van der Waals surface area contributed by atoms with E-state index in [2.05, 4.69) is 0 Å². The number of halogens is 3. The molecule has 0 unspecified atom stereocenters. The van der Waals surface area contributed by atoms with Gasteiger partial charge in [-0.05, 0) is 44.5 Å². The highest BCUT2D eigenvalue weighted by Gasteiger charge is 2.34. The summed E-state index contributed by atoms with van der Waals surface area (Å²) in [5.74, 6) is -0.643. The van der Waals surface area contributed by atoms with Gasteiger partial charge in [0.05, 0.1) is 0 Å². The number of carbonyl (C=O) groups excluding carboxylic acids is 1. The van der Waals surface area contributed by atoms with Crippen LogP contribution < -0.4 is 5.73 Å². The molecule has 106 valence electrons. The molecule has 0 radical (unpaired) electrons. The van der Waals surface area contributed by atoms with Crippen molar-refractivity contribution in [3.8, 4) is 0 Å². The number of nitrogens with zero attached hydrogens (tertiary/aromatic N) is 1. The lowest BCUT2D eigenvalue weighted by Crippen LogP contribution is -2.43. The molecule has 1 rings (SSSR count). The lowest BCUT2D eigenvalue weighted by Gasteiger charge is -2.28. The highest BCUT2D eigenvalue weighted by Crippen LogP contribution is 2.21. The monoisotopic (exact) mass is 274 g/mol. The number of alkyl halides is 3. The Bertz CT molecular complexity index is 469. The molecular formula is C13H17F3N2O. The van der Waals surface area contributed by atoms with Gasteiger partial charge in [-0.3, -0.25) is 4.79 Å². The van der Waals surface area contributed by atoms with Crippen LogP contribution in [0.5, 0.6) is 0 Å². The molecule has 0 aliphatic carbocycles. The number of benzene rings is 1. The zero-order valence-electron chi connectivity index (χ0n) is 11.1. The van der Waals surface area contributed by atoms with Crippen LogP contribution >= 0.6 is 0 Å². The van der Waals surface area contributed by atoms with Crippen LogP contribution in [0, 0.1) is 6.92 Å². The molecule has 0 saturated heterocycles. The molecule has 0 saturated carbocycles. The van der Waals surface area contributed by atoms with Crippen LogP contribution in [0.25, 0.3) is 0 Å². The molecule has 0 bridgehead atoms. The largest absolute Gasteiger partial charge is 0.406 e. The molecule has 0 aliphatic heterocycles. The molecule has 2 N–H and O–H groups in total. The van der Waals surface area contributed by atoms with Crippen LogP contribution in [0.1, 0.15) is 29.8 Å². The molecule has 0 heterocycles. The first-order valence-electron chi connectivity index (χ1n) is 5.85. The number of amides is 1. The minimum absolute atomic E-state index is 0.213. The smallest absolute Gasteiger partial charge is 0.399 e. The maximum Gasteiger partial charge on any atom is 0.406 e. The Morgan fingerprint density at radius 1 is 1.37 bits per heavy atom. The Labute approximate surface area is 110 Å². The first kappa shape index (κ1) is 15.3. The van der Waals surface area contributed by atoms with Gasteiger partial charge in [-0.25, -0.2) is 0 Å². The van der Waals surface area contributed by atoms with Gasteiger partial charge in [0.25, 0.3) is 5.91 Å². The van der Waals surface area contributed by atoms with E-state index >= 15 is 0 Å². The Morgan fingerprint density at radius 2 is 1.95 bits per heavy atom. The topological polar surface area (TPSA) is 46.3 Å². The highest BCUT2D eigenvalue weighted by atomic mass is 19.4. The number of rotatable bonds is 3. The van der Waals surface area contributed by atoms with Crippen LogP contribution in [-0.2, 0) is 0 Å². The Hall–Kier alpha value is -1.72. The Balaban J connectivity index is 3.02. The fourth-order valence-corrected chi connectivity index (χ4v) is 1.66. The summed E-state index contributed by atoms with van der Waals surface area (Å²) in [6.07, 6.45) is -4.41. The lowest BCUT2D eigenvalue weighted by molar-refractivity contribution is -0.143. The maximum atomic E-state index is 12.5. The number of hydrogen-bond acceptors (Lipinski definition) is 2. The van der Waals surface area contributed by atoms with Gasteiger partial charge in [0.1, 0.15) is 6.54 Å². The second-order valence-electron chi connectivity index (χ2n) is 4.71. The summed E-state index contributed by atoms with van der Waals surface area (Å²) < 4.78 is 37.4. The van der Waals surface area contributed by atoms with Gasteiger partial charge in [-0.15, -0.1) is 0 Å². The molecule has 1 aromatic carbocycles. The van der Waals surface area contributed by atoms with Gasteiger partial charge in [0, 0.05) is 17.3 Å². The van der Waals surface area contributed by atoms with E-state index < -0.39 is 24.7 Å². The molecule has 1 aromatic rings. The summed E-state index contributed by atoms with van der Waals surface area (Å²) in [5.41, 5.74) is 7.01. The van der Waals surface area contributed by atoms with E-state index in [1.54, 1.807) is 20.8 Å². The SMILES string of the molecule is Cc1cc(C(=O)N(CC(F)(F)F)C(C)C)ccc1N. The van der Waals surface area contributed by atoms with Gasteiger partial charge in [-0.1, -0.05) is 0 Å². The number of carbonyl (C=O) groups is 1. The van der Waals surface area contributed by atoms with Crippen molar-refractivity contribution in [2.45, 2.75) is 33.0 Å². The van der Waals surface area contributed by atoms with Crippen molar-refractivity contribution in [1.29, 1.82) is 0 Å². The normalized spacial score (nSPS) is 11.7. The average molecular weight is 274 g/mol. The van der Waals surface area contributed by atoms with Crippen molar-refractivity contribution in [1.82, 2.24) is 4.90 Å². The molecule has 0 fully saturated rings. The molecule has 0 aromatic heterocycles. The maximum absolute atomic E-state index is 12.5. The molecule has 1 amide bonds. The standard InChI is InChI=1S/C13H17F3N2O/c1-8(2)18(7-13(14,15)16)12(19)10-4-5-11(17)9(3)6-10/h4-6,8H,7,17H2,1-3H3. The highest BCUT2D eigenvalue weighted by molar-refractivity contribution is 5.95. The minimum Gasteiger partial charge on any atom is -0.399 e. The lowest BCUT2D eigenvalue weighted by atomic mass is 10.1. The number of aryl methyl sites for hydroxylation is 1. The summed E-state index contributed by atoms with van der Waals surface area (Å²) in [6.45, 7) is 3.55. The third-order valence-electron chi connectivity index (χ3n) is 2.75. The Morgan fingerprint density at radius 3 is 2.37 bits per heavy atom. The van der Waals surface area contributed by atoms with Crippen molar-refractivity contribution in [3.63, 3.8) is 0 Å². The second kappa shape index (κ2) is 5.50. The third-order valence-corrected chi connectivity index (χ3v) is 2.75. The molecule has 3 nitrogen and oxygen atoms in total. The summed E-state index contributed by atoms with van der Waals surface area (Å²) in [5, 5.41) is 0. The van der Waals surface area contributed by atoms with Gasteiger partial charge in [-0.2, -0.15) is 13.2 Å². The molecule has 6 heteroatoms. The van der Waals surface area contributed by atoms with E-state index in [1.807, 2.05) is 0 Å². The fraction of sp³-hybridized carbons (Fsp3) is 0.462. The third kappa shape index (κ3) is 4.15. The molecule has 0 atom stereocenters. The first-order valence-corrected chi connectivity index (χ1v) is 5.85. The van der Waals surface area contributed by atoms with Gasteiger partial charge in [0.2, 0.25) is 0 Å². The predicted octanol–water partition coefficient (Wildman–Crippen LogP) is 2.99. The zero-order chi connectivity index (χ0) is 14.8. The van der Waals surface area contributed by atoms with E-state index in [0.29, 0.717) is 11.3 Å². The number of nitrogen functional groups attached to an aromatic ring is 1. The van der Waals surface area contributed by atoms with Crippen LogP contribution in [0.15, 0.2) is 18.2 Å². The van der Waals surface area contributed by atoms with Crippen molar-refractivity contribution in [3.05, 3.63) is 29.3 Å². The molecule has 19 heavy (non-hydrogen) atoms. The van der Waals surface area contributed by atoms with E-state index in [-0.39, 0.29) is 5.56 Å². The van der Waals surface area contributed by atoms with Crippen molar-refractivity contribution >= 4 is 11.6 Å². The summed E-state index contributed by atoms with van der Waals surface area (Å²) in [4.78, 5) is 12.9. The van der Waals surface area contributed by atoms with Crippen LogP contribution in [0.3, 0.4) is 0 Å². The van der Waals surface area contributed by atoms with Crippen LogP contribution in [-0.4, -0.2) is 29.6 Å². The summed E-state index contributed by atoms with van der Waals surface area (Å²) in [7, 11) is 0. The van der Waals surface area contributed by atoms with Crippen LogP contribution in [0.2, 0.25) is 0 Å². The Kier molecular flexibility index (Phi) is 4.44.